The molecule has 1 saturated carbocycles. The first-order chi connectivity index (χ1) is 9.06. The van der Waals surface area contributed by atoms with E-state index in [1.54, 1.807) is 11.3 Å². The zero-order valence-corrected chi connectivity index (χ0v) is 12.3. The lowest BCUT2D eigenvalue weighted by Crippen LogP contribution is -2.13. The summed E-state index contributed by atoms with van der Waals surface area (Å²) in [6.45, 7) is 4.38. The van der Waals surface area contributed by atoms with Gasteiger partial charge in [0.2, 0.25) is 0 Å². The highest BCUT2D eigenvalue weighted by molar-refractivity contribution is 7.16. The Morgan fingerprint density at radius 2 is 2.16 bits per heavy atom. The second-order valence-electron chi connectivity index (χ2n) is 5.55. The number of hydrogen-bond acceptors (Lipinski definition) is 2. The largest absolute Gasteiger partial charge is 0.319 e. The van der Waals surface area contributed by atoms with Gasteiger partial charge in [-0.3, -0.25) is 4.79 Å². The molecule has 1 aromatic heterocycles. The fourth-order valence-electron chi connectivity index (χ4n) is 2.13. The van der Waals surface area contributed by atoms with E-state index in [0.29, 0.717) is 5.92 Å². The van der Waals surface area contributed by atoms with Crippen molar-refractivity contribution in [1.29, 1.82) is 0 Å². The van der Waals surface area contributed by atoms with Crippen LogP contribution in [0.3, 0.4) is 0 Å². The number of nitrogens with zero attached hydrogens (tertiary/aromatic N) is 2. The molecular weight excluding hydrogens is 256 g/mol. The van der Waals surface area contributed by atoms with Gasteiger partial charge < -0.3 is 4.57 Å². The monoisotopic (exact) mass is 274 g/mol. The van der Waals surface area contributed by atoms with E-state index in [0.717, 1.165) is 23.2 Å². The van der Waals surface area contributed by atoms with E-state index >= 15 is 0 Å². The van der Waals surface area contributed by atoms with E-state index in [2.05, 4.69) is 37.0 Å². The quantitative estimate of drug-likeness (QED) is 0.828. The van der Waals surface area contributed by atoms with E-state index in [9.17, 15) is 4.79 Å². The van der Waals surface area contributed by atoms with Gasteiger partial charge in [-0.2, -0.15) is 4.99 Å². The van der Waals surface area contributed by atoms with Crippen molar-refractivity contribution < 1.29 is 4.79 Å². The molecule has 3 rings (SSSR count). The number of carbonyl (C=O) groups excluding carboxylic acids is 1. The smallest absolute Gasteiger partial charge is 0.251 e. The Balaban J connectivity index is 2.11. The molecular formula is C15H18N2OS. The van der Waals surface area contributed by atoms with Crippen LogP contribution in [0.1, 0.15) is 38.2 Å². The van der Waals surface area contributed by atoms with Crippen molar-refractivity contribution in [3.63, 3.8) is 0 Å². The van der Waals surface area contributed by atoms with E-state index in [-0.39, 0.29) is 11.8 Å². The SMILES string of the molecule is CC(C)c1ccc2c(c1)sc(=NC(=O)C1CC1)n2C. The number of rotatable bonds is 2. The fourth-order valence-corrected chi connectivity index (χ4v) is 3.20. The summed E-state index contributed by atoms with van der Waals surface area (Å²) in [7, 11) is 1.98. The first kappa shape index (κ1) is 12.6. The zero-order valence-electron chi connectivity index (χ0n) is 11.5. The Kier molecular flexibility index (Phi) is 3.05. The Hall–Kier alpha value is -1.42. The topological polar surface area (TPSA) is 34.4 Å². The Morgan fingerprint density at radius 3 is 2.79 bits per heavy atom. The van der Waals surface area contributed by atoms with Gasteiger partial charge in [0.15, 0.2) is 4.80 Å². The summed E-state index contributed by atoms with van der Waals surface area (Å²) in [5.74, 6) is 0.757. The molecule has 0 atom stereocenters. The molecule has 3 nitrogen and oxygen atoms in total. The third kappa shape index (κ3) is 2.37. The van der Waals surface area contributed by atoms with Crippen LogP contribution in [0.25, 0.3) is 10.2 Å². The van der Waals surface area contributed by atoms with Gasteiger partial charge in [0.25, 0.3) is 5.91 Å². The minimum absolute atomic E-state index is 0.0474. The molecule has 0 unspecified atom stereocenters. The van der Waals surface area contributed by atoms with E-state index < -0.39 is 0 Å². The zero-order chi connectivity index (χ0) is 13.6. The number of benzene rings is 1. The van der Waals surface area contributed by atoms with Crippen LogP contribution in [0.2, 0.25) is 0 Å². The van der Waals surface area contributed by atoms with Crippen LogP contribution in [0.4, 0.5) is 0 Å². The van der Waals surface area contributed by atoms with Crippen LogP contribution in [-0.2, 0) is 11.8 Å². The van der Waals surface area contributed by atoms with Crippen molar-refractivity contribution in [2.45, 2.75) is 32.6 Å². The van der Waals surface area contributed by atoms with Gasteiger partial charge in [0.1, 0.15) is 0 Å². The van der Waals surface area contributed by atoms with Crippen LogP contribution in [0.5, 0.6) is 0 Å². The average Bonchev–Trinajstić information content (AvgIpc) is 3.17. The van der Waals surface area contributed by atoms with Gasteiger partial charge in [0, 0.05) is 13.0 Å². The molecule has 19 heavy (non-hydrogen) atoms. The molecule has 100 valence electrons. The highest BCUT2D eigenvalue weighted by Gasteiger charge is 2.29. The molecule has 1 fully saturated rings. The minimum Gasteiger partial charge on any atom is -0.319 e. The van der Waals surface area contributed by atoms with E-state index in [1.165, 1.54) is 10.3 Å². The van der Waals surface area contributed by atoms with Gasteiger partial charge in [-0.15, -0.1) is 0 Å². The standard InChI is InChI=1S/C15H18N2OS/c1-9(2)11-6-7-12-13(8-11)19-15(17(12)3)16-14(18)10-4-5-10/h6-10H,4-5H2,1-3H3. The number of carbonyl (C=O) groups is 1. The average molecular weight is 274 g/mol. The maximum Gasteiger partial charge on any atom is 0.251 e. The van der Waals surface area contributed by atoms with Gasteiger partial charge >= 0.3 is 0 Å². The number of fused-ring (bicyclic) bond motifs is 1. The summed E-state index contributed by atoms with van der Waals surface area (Å²) < 4.78 is 3.22. The molecule has 1 aliphatic carbocycles. The molecule has 0 radical (unpaired) electrons. The number of thiazole rings is 1. The molecule has 4 heteroatoms. The van der Waals surface area contributed by atoms with Crippen molar-refractivity contribution in [3.05, 3.63) is 28.6 Å². The number of aromatic nitrogens is 1. The van der Waals surface area contributed by atoms with Crippen molar-refractivity contribution in [3.8, 4) is 0 Å². The van der Waals surface area contributed by atoms with Crippen LogP contribution >= 0.6 is 11.3 Å². The number of aryl methyl sites for hydroxylation is 1. The molecule has 1 aromatic carbocycles. The van der Waals surface area contributed by atoms with Gasteiger partial charge in [-0.25, -0.2) is 0 Å². The van der Waals surface area contributed by atoms with Gasteiger partial charge in [-0.1, -0.05) is 31.3 Å². The van der Waals surface area contributed by atoms with E-state index in [4.69, 9.17) is 0 Å². The molecule has 0 bridgehead atoms. The Labute approximate surface area is 116 Å². The molecule has 0 aliphatic heterocycles. The summed E-state index contributed by atoms with van der Waals surface area (Å²) in [6, 6.07) is 6.50. The first-order valence-corrected chi connectivity index (χ1v) is 7.56. The summed E-state index contributed by atoms with van der Waals surface area (Å²) in [4.78, 5) is 16.9. The number of amides is 1. The molecule has 0 saturated heterocycles. The van der Waals surface area contributed by atoms with Gasteiger partial charge in [-0.05, 0) is 36.5 Å². The van der Waals surface area contributed by atoms with Crippen LogP contribution in [0, 0.1) is 5.92 Å². The van der Waals surface area contributed by atoms with Crippen molar-refractivity contribution >= 4 is 27.5 Å². The molecule has 1 amide bonds. The first-order valence-electron chi connectivity index (χ1n) is 6.74. The summed E-state index contributed by atoms with van der Waals surface area (Å²) in [5.41, 5.74) is 2.48. The maximum atomic E-state index is 11.8. The van der Waals surface area contributed by atoms with Crippen LogP contribution in [-0.4, -0.2) is 10.5 Å². The summed E-state index contributed by atoms with van der Waals surface area (Å²) in [5, 5.41) is 0. The third-order valence-corrected chi connectivity index (χ3v) is 4.73. The summed E-state index contributed by atoms with van der Waals surface area (Å²) >= 11 is 1.60. The lowest BCUT2D eigenvalue weighted by molar-refractivity contribution is -0.119. The molecule has 1 aliphatic rings. The lowest BCUT2D eigenvalue weighted by Gasteiger charge is -2.04. The molecule has 2 aromatic rings. The lowest BCUT2D eigenvalue weighted by atomic mass is 10.0. The second-order valence-corrected chi connectivity index (χ2v) is 6.56. The Morgan fingerprint density at radius 1 is 1.42 bits per heavy atom. The highest BCUT2D eigenvalue weighted by Crippen LogP contribution is 2.30. The van der Waals surface area contributed by atoms with Crippen LogP contribution < -0.4 is 4.80 Å². The van der Waals surface area contributed by atoms with E-state index in [1.807, 2.05) is 11.6 Å². The number of hydrogen-bond donors (Lipinski definition) is 0. The molecule has 0 spiro atoms. The minimum atomic E-state index is 0.0474. The normalized spacial score (nSPS) is 16.5. The van der Waals surface area contributed by atoms with Crippen molar-refractivity contribution in [2.24, 2.45) is 18.0 Å². The van der Waals surface area contributed by atoms with Gasteiger partial charge in [0.05, 0.1) is 10.2 Å². The van der Waals surface area contributed by atoms with Crippen LogP contribution in [0.15, 0.2) is 23.2 Å². The van der Waals surface area contributed by atoms with Crippen molar-refractivity contribution in [2.75, 3.05) is 0 Å². The third-order valence-electron chi connectivity index (χ3n) is 3.63. The molecule has 0 N–H and O–H groups in total. The maximum absolute atomic E-state index is 11.8. The highest BCUT2D eigenvalue weighted by atomic mass is 32.1. The predicted molar refractivity (Wildman–Crippen MR) is 78.2 cm³/mol. The van der Waals surface area contributed by atoms with Crippen molar-refractivity contribution in [1.82, 2.24) is 4.57 Å². The second kappa shape index (κ2) is 4.60. The Bertz CT molecular complexity index is 704. The summed E-state index contributed by atoms with van der Waals surface area (Å²) in [6.07, 6.45) is 2.02. The fraction of sp³-hybridized carbons (Fsp3) is 0.467. The predicted octanol–water partition coefficient (Wildman–Crippen LogP) is 3.20. The molecule has 1 heterocycles.